The van der Waals surface area contributed by atoms with E-state index in [0.717, 1.165) is 11.3 Å². The lowest BCUT2D eigenvalue weighted by atomic mass is 10.2. The Bertz CT molecular complexity index is 951. The normalized spacial score (nSPS) is 11.8. The molecule has 28 heavy (non-hydrogen) atoms. The van der Waals surface area contributed by atoms with Crippen molar-refractivity contribution >= 4 is 16.7 Å². The highest BCUT2D eigenvalue weighted by molar-refractivity contribution is 7.84. The topological polar surface area (TPSA) is 68.5 Å². The van der Waals surface area contributed by atoms with E-state index in [4.69, 9.17) is 9.15 Å². The first kappa shape index (κ1) is 19.8. The summed E-state index contributed by atoms with van der Waals surface area (Å²) in [6, 6.07) is 16.1. The molecule has 146 valence electrons. The van der Waals surface area contributed by atoms with Crippen LogP contribution in [-0.4, -0.2) is 16.7 Å². The zero-order valence-electron chi connectivity index (χ0n) is 15.3. The Morgan fingerprint density at radius 1 is 1.07 bits per heavy atom. The predicted molar refractivity (Wildman–Crippen MR) is 104 cm³/mol. The number of ether oxygens (including phenoxy) is 1. The monoisotopic (exact) mass is 401 g/mol. The summed E-state index contributed by atoms with van der Waals surface area (Å²) in [5, 5.41) is 2.78. The number of benzene rings is 2. The van der Waals surface area contributed by atoms with Crippen molar-refractivity contribution in [3.8, 4) is 5.75 Å². The van der Waals surface area contributed by atoms with Gasteiger partial charge in [-0.3, -0.25) is 9.00 Å². The zero-order chi connectivity index (χ0) is 19.9. The van der Waals surface area contributed by atoms with E-state index in [1.54, 1.807) is 12.1 Å². The van der Waals surface area contributed by atoms with Gasteiger partial charge in [-0.25, -0.2) is 4.39 Å². The predicted octanol–water partition coefficient (Wildman–Crippen LogP) is 4.06. The molecule has 0 spiro atoms. The molecule has 3 rings (SSSR count). The number of hydrogen-bond acceptors (Lipinski definition) is 4. The molecule has 1 heterocycles. The maximum atomic E-state index is 13.0. The van der Waals surface area contributed by atoms with E-state index in [9.17, 15) is 13.4 Å². The molecular weight excluding hydrogens is 381 g/mol. The average molecular weight is 401 g/mol. The molecule has 3 aromatic rings. The lowest BCUT2D eigenvalue weighted by Gasteiger charge is -2.06. The molecule has 0 saturated heterocycles. The van der Waals surface area contributed by atoms with Crippen LogP contribution in [-0.2, 0) is 23.1 Å². The van der Waals surface area contributed by atoms with E-state index < -0.39 is 10.8 Å². The average Bonchev–Trinajstić information content (AvgIpc) is 3.16. The van der Waals surface area contributed by atoms with E-state index in [-0.39, 0.29) is 23.2 Å². The molecule has 1 amide bonds. The Hall–Kier alpha value is -2.93. The molecule has 1 unspecified atom stereocenters. The number of furan rings is 1. The molecule has 0 fully saturated rings. The van der Waals surface area contributed by atoms with Crippen LogP contribution in [0.25, 0.3) is 0 Å². The van der Waals surface area contributed by atoms with Crippen LogP contribution in [0.3, 0.4) is 0 Å². The number of nitrogens with one attached hydrogen (secondary N) is 1. The minimum absolute atomic E-state index is 0.109. The quantitative estimate of drug-likeness (QED) is 0.618. The van der Waals surface area contributed by atoms with Crippen LogP contribution in [0.5, 0.6) is 5.75 Å². The first-order chi connectivity index (χ1) is 13.5. The van der Waals surface area contributed by atoms with Gasteiger partial charge in [0.05, 0.1) is 23.2 Å². The summed E-state index contributed by atoms with van der Waals surface area (Å²) < 4.78 is 36.1. The van der Waals surface area contributed by atoms with Crippen LogP contribution in [0.4, 0.5) is 4.39 Å². The van der Waals surface area contributed by atoms with Gasteiger partial charge in [0.25, 0.3) is 5.91 Å². The van der Waals surface area contributed by atoms with Crippen molar-refractivity contribution in [3.63, 3.8) is 0 Å². The van der Waals surface area contributed by atoms with Gasteiger partial charge in [-0.15, -0.1) is 0 Å². The van der Waals surface area contributed by atoms with E-state index in [1.807, 2.05) is 31.2 Å². The second-order valence-corrected chi connectivity index (χ2v) is 7.42. The van der Waals surface area contributed by atoms with Crippen LogP contribution in [0.1, 0.15) is 28.8 Å². The van der Waals surface area contributed by atoms with Gasteiger partial charge >= 0.3 is 0 Å². The lowest BCUT2D eigenvalue weighted by Crippen LogP contribution is -2.22. The third-order valence-corrected chi connectivity index (χ3v) is 5.27. The van der Waals surface area contributed by atoms with Crippen molar-refractivity contribution < 1.29 is 22.5 Å². The first-order valence-electron chi connectivity index (χ1n) is 8.77. The van der Waals surface area contributed by atoms with Gasteiger partial charge in [-0.1, -0.05) is 12.1 Å². The van der Waals surface area contributed by atoms with Crippen molar-refractivity contribution in [2.45, 2.75) is 24.1 Å². The SMILES string of the molecule is CCOc1ccc(CNC(=O)c2ccc(CS(=O)c3ccc(F)cc3)o2)cc1. The smallest absolute Gasteiger partial charge is 0.287 e. The van der Waals surface area contributed by atoms with E-state index in [0.29, 0.717) is 23.8 Å². The van der Waals surface area contributed by atoms with Crippen molar-refractivity contribution in [1.82, 2.24) is 5.32 Å². The molecule has 1 N–H and O–H groups in total. The van der Waals surface area contributed by atoms with Crippen molar-refractivity contribution in [2.75, 3.05) is 6.61 Å². The van der Waals surface area contributed by atoms with Gasteiger partial charge in [0.15, 0.2) is 5.76 Å². The molecule has 2 aromatic carbocycles. The van der Waals surface area contributed by atoms with Crippen molar-refractivity contribution in [2.24, 2.45) is 0 Å². The minimum atomic E-state index is -1.38. The summed E-state index contributed by atoms with van der Waals surface area (Å²) in [6.45, 7) is 2.87. The molecule has 1 aromatic heterocycles. The Labute approximate surface area is 165 Å². The summed E-state index contributed by atoms with van der Waals surface area (Å²) in [5.41, 5.74) is 0.931. The highest BCUT2D eigenvalue weighted by Crippen LogP contribution is 2.16. The molecule has 0 bridgehead atoms. The summed E-state index contributed by atoms with van der Waals surface area (Å²) >= 11 is 0. The first-order valence-corrected chi connectivity index (χ1v) is 10.1. The maximum Gasteiger partial charge on any atom is 0.287 e. The number of carbonyl (C=O) groups is 1. The fourth-order valence-corrected chi connectivity index (χ4v) is 3.54. The third-order valence-electron chi connectivity index (χ3n) is 3.92. The Kier molecular flexibility index (Phi) is 6.60. The Morgan fingerprint density at radius 2 is 1.79 bits per heavy atom. The zero-order valence-corrected chi connectivity index (χ0v) is 16.1. The van der Waals surface area contributed by atoms with Crippen molar-refractivity contribution in [1.29, 1.82) is 0 Å². The third kappa shape index (κ3) is 5.29. The molecule has 0 aliphatic heterocycles. The van der Waals surface area contributed by atoms with Crippen LogP contribution < -0.4 is 10.1 Å². The van der Waals surface area contributed by atoms with Crippen LogP contribution in [0.2, 0.25) is 0 Å². The van der Waals surface area contributed by atoms with Crippen molar-refractivity contribution in [3.05, 3.63) is 83.6 Å². The van der Waals surface area contributed by atoms with Gasteiger partial charge in [0, 0.05) is 11.4 Å². The summed E-state index contributed by atoms with van der Waals surface area (Å²) in [4.78, 5) is 12.7. The molecule has 0 aliphatic rings. The van der Waals surface area contributed by atoms with Gasteiger partial charge in [-0.05, 0) is 61.0 Å². The molecule has 7 heteroatoms. The largest absolute Gasteiger partial charge is 0.494 e. The minimum Gasteiger partial charge on any atom is -0.494 e. The molecule has 1 atom stereocenters. The summed E-state index contributed by atoms with van der Waals surface area (Å²) in [7, 11) is -1.38. The highest BCUT2D eigenvalue weighted by atomic mass is 32.2. The highest BCUT2D eigenvalue weighted by Gasteiger charge is 2.13. The fraction of sp³-hybridized carbons (Fsp3) is 0.190. The Balaban J connectivity index is 1.54. The van der Waals surface area contributed by atoms with Gasteiger partial charge in [-0.2, -0.15) is 0 Å². The van der Waals surface area contributed by atoms with E-state index in [1.165, 1.54) is 24.3 Å². The molecule has 0 saturated carbocycles. The van der Waals surface area contributed by atoms with Crippen LogP contribution >= 0.6 is 0 Å². The van der Waals surface area contributed by atoms with Gasteiger partial charge in [0.1, 0.15) is 17.3 Å². The second-order valence-electron chi connectivity index (χ2n) is 5.97. The standard InChI is InChI=1S/C21H20FNO4S/c1-2-26-17-7-3-15(4-8-17)13-23-21(24)20-12-9-18(27-20)14-28(25)19-10-5-16(22)6-11-19/h3-12H,2,13-14H2,1H3,(H,23,24). The summed E-state index contributed by atoms with van der Waals surface area (Å²) in [5.74, 6) is 0.726. The lowest BCUT2D eigenvalue weighted by molar-refractivity contribution is 0.0921. The number of halogens is 1. The van der Waals surface area contributed by atoms with Crippen LogP contribution in [0, 0.1) is 5.82 Å². The number of amides is 1. The van der Waals surface area contributed by atoms with Gasteiger partial charge < -0.3 is 14.5 Å². The maximum absolute atomic E-state index is 13.0. The molecule has 0 radical (unpaired) electrons. The molecule has 5 nitrogen and oxygen atoms in total. The Morgan fingerprint density at radius 3 is 2.46 bits per heavy atom. The van der Waals surface area contributed by atoms with Crippen LogP contribution in [0.15, 0.2) is 70.0 Å². The van der Waals surface area contributed by atoms with E-state index in [2.05, 4.69) is 5.32 Å². The number of rotatable bonds is 8. The second kappa shape index (κ2) is 9.32. The molecular formula is C21H20FNO4S. The van der Waals surface area contributed by atoms with E-state index >= 15 is 0 Å². The fourth-order valence-electron chi connectivity index (χ4n) is 2.52. The van der Waals surface area contributed by atoms with Gasteiger partial charge in [0.2, 0.25) is 0 Å². The number of carbonyl (C=O) groups excluding carboxylic acids is 1. The number of hydrogen-bond donors (Lipinski definition) is 1. The molecule has 0 aliphatic carbocycles. The summed E-state index contributed by atoms with van der Waals surface area (Å²) in [6.07, 6.45) is 0.